The molecular weight excluding hydrogens is 244 g/mol. The fourth-order valence-electron chi connectivity index (χ4n) is 2.01. The Morgan fingerprint density at radius 1 is 1.39 bits per heavy atom. The predicted octanol–water partition coefficient (Wildman–Crippen LogP) is 2.04. The highest BCUT2D eigenvalue weighted by atomic mass is 32.2. The Hall–Kier alpha value is -1.33. The molecule has 18 heavy (non-hydrogen) atoms. The van der Waals surface area contributed by atoms with Gasteiger partial charge in [-0.3, -0.25) is 4.68 Å². The Kier molecular flexibility index (Phi) is 4.38. The lowest BCUT2D eigenvalue weighted by molar-refractivity contribution is 0.546. The predicted molar refractivity (Wildman–Crippen MR) is 74.7 cm³/mol. The minimum atomic E-state index is 0.261. The fourth-order valence-corrected chi connectivity index (χ4v) is 2.67. The normalized spacial score (nSPS) is 12.6. The number of hydrogen-bond donors (Lipinski definition) is 1. The second-order valence-electron chi connectivity index (χ2n) is 4.09. The van der Waals surface area contributed by atoms with Crippen LogP contribution in [0.25, 0.3) is 0 Å². The SMILES string of the molecule is CNC(Cc1ncnn1C)c1ccccc1SC. The first-order valence-electron chi connectivity index (χ1n) is 5.89. The molecule has 4 nitrogen and oxygen atoms in total. The highest BCUT2D eigenvalue weighted by Crippen LogP contribution is 2.27. The summed E-state index contributed by atoms with van der Waals surface area (Å²) in [5.41, 5.74) is 1.32. The number of benzene rings is 1. The second kappa shape index (κ2) is 6.02. The number of likely N-dealkylation sites (N-methyl/N-ethyl adjacent to an activating group) is 1. The number of rotatable bonds is 5. The van der Waals surface area contributed by atoms with Gasteiger partial charge in [-0.05, 0) is 24.9 Å². The van der Waals surface area contributed by atoms with Crippen molar-refractivity contribution in [3.63, 3.8) is 0 Å². The van der Waals surface area contributed by atoms with Crippen LogP contribution >= 0.6 is 11.8 Å². The molecule has 2 rings (SSSR count). The quantitative estimate of drug-likeness (QED) is 0.837. The van der Waals surface area contributed by atoms with Crippen molar-refractivity contribution in [3.8, 4) is 0 Å². The van der Waals surface area contributed by atoms with Crippen LogP contribution in [0.4, 0.5) is 0 Å². The molecule has 5 heteroatoms. The molecule has 0 aliphatic heterocycles. The van der Waals surface area contributed by atoms with Crippen molar-refractivity contribution in [1.29, 1.82) is 0 Å². The lowest BCUT2D eigenvalue weighted by Crippen LogP contribution is -2.21. The third kappa shape index (κ3) is 2.73. The van der Waals surface area contributed by atoms with Crippen LogP contribution in [-0.2, 0) is 13.5 Å². The molecule has 1 aromatic carbocycles. The fraction of sp³-hybridized carbons (Fsp3) is 0.385. The summed E-state index contributed by atoms with van der Waals surface area (Å²) in [6, 6.07) is 8.74. The van der Waals surface area contributed by atoms with E-state index in [0.717, 1.165) is 12.2 Å². The number of nitrogens with one attached hydrogen (secondary N) is 1. The van der Waals surface area contributed by atoms with E-state index in [2.05, 4.69) is 45.9 Å². The van der Waals surface area contributed by atoms with Gasteiger partial charge < -0.3 is 5.32 Å². The van der Waals surface area contributed by atoms with Gasteiger partial charge in [0.2, 0.25) is 0 Å². The van der Waals surface area contributed by atoms with Crippen LogP contribution in [0.5, 0.6) is 0 Å². The first-order chi connectivity index (χ1) is 8.76. The monoisotopic (exact) mass is 262 g/mol. The highest BCUT2D eigenvalue weighted by Gasteiger charge is 2.15. The number of aryl methyl sites for hydroxylation is 1. The average Bonchev–Trinajstić information content (AvgIpc) is 2.81. The summed E-state index contributed by atoms with van der Waals surface area (Å²) in [7, 11) is 3.91. The van der Waals surface area contributed by atoms with Gasteiger partial charge in [-0.15, -0.1) is 11.8 Å². The van der Waals surface area contributed by atoms with E-state index in [1.165, 1.54) is 10.5 Å². The molecule has 0 amide bonds. The second-order valence-corrected chi connectivity index (χ2v) is 4.94. The first-order valence-corrected chi connectivity index (χ1v) is 7.11. The summed E-state index contributed by atoms with van der Waals surface area (Å²) >= 11 is 1.77. The van der Waals surface area contributed by atoms with Gasteiger partial charge in [-0.2, -0.15) is 5.10 Å². The summed E-state index contributed by atoms with van der Waals surface area (Å²) < 4.78 is 1.83. The Bertz CT molecular complexity index is 509. The van der Waals surface area contributed by atoms with Gasteiger partial charge in [0.15, 0.2) is 0 Å². The van der Waals surface area contributed by atoms with Crippen molar-refractivity contribution < 1.29 is 0 Å². The molecule has 0 saturated carbocycles. The van der Waals surface area contributed by atoms with E-state index in [9.17, 15) is 0 Å². The zero-order valence-electron chi connectivity index (χ0n) is 10.9. The van der Waals surface area contributed by atoms with Gasteiger partial charge in [0.05, 0.1) is 0 Å². The van der Waals surface area contributed by atoms with Crippen molar-refractivity contribution in [1.82, 2.24) is 20.1 Å². The number of thioether (sulfide) groups is 1. The van der Waals surface area contributed by atoms with Crippen molar-refractivity contribution in [2.75, 3.05) is 13.3 Å². The van der Waals surface area contributed by atoms with E-state index < -0.39 is 0 Å². The Morgan fingerprint density at radius 2 is 2.17 bits per heavy atom. The van der Waals surface area contributed by atoms with Crippen molar-refractivity contribution >= 4 is 11.8 Å². The molecule has 1 atom stereocenters. The molecule has 0 saturated heterocycles. The Balaban J connectivity index is 2.25. The molecule has 2 aromatic rings. The molecule has 0 radical (unpaired) electrons. The Labute approximate surface area is 112 Å². The largest absolute Gasteiger partial charge is 0.313 e. The standard InChI is InChI=1S/C13H18N4S/c1-14-11(8-13-15-9-16-17(13)2)10-6-4-5-7-12(10)18-3/h4-7,9,11,14H,8H2,1-3H3. The van der Waals surface area contributed by atoms with E-state index in [4.69, 9.17) is 0 Å². The van der Waals surface area contributed by atoms with Gasteiger partial charge in [-0.25, -0.2) is 4.98 Å². The maximum atomic E-state index is 4.29. The minimum Gasteiger partial charge on any atom is -0.313 e. The zero-order valence-corrected chi connectivity index (χ0v) is 11.7. The van der Waals surface area contributed by atoms with E-state index in [0.29, 0.717) is 0 Å². The molecule has 1 N–H and O–H groups in total. The van der Waals surface area contributed by atoms with Crippen LogP contribution in [0.15, 0.2) is 35.5 Å². The van der Waals surface area contributed by atoms with Gasteiger partial charge in [-0.1, -0.05) is 18.2 Å². The summed E-state index contributed by atoms with van der Waals surface area (Å²) in [6.07, 6.45) is 4.54. The molecule has 96 valence electrons. The van der Waals surface area contributed by atoms with E-state index in [1.54, 1.807) is 18.1 Å². The lowest BCUT2D eigenvalue weighted by atomic mass is 10.0. The molecule has 0 spiro atoms. The summed E-state index contributed by atoms with van der Waals surface area (Å²) in [5.74, 6) is 0.991. The van der Waals surface area contributed by atoms with Gasteiger partial charge in [0.25, 0.3) is 0 Å². The topological polar surface area (TPSA) is 42.7 Å². The minimum absolute atomic E-state index is 0.261. The maximum Gasteiger partial charge on any atom is 0.138 e. The first kappa shape index (κ1) is 13.1. The molecule has 0 aliphatic rings. The summed E-state index contributed by atoms with van der Waals surface area (Å²) in [6.45, 7) is 0. The van der Waals surface area contributed by atoms with Gasteiger partial charge >= 0.3 is 0 Å². The van der Waals surface area contributed by atoms with Crippen LogP contribution in [-0.4, -0.2) is 28.1 Å². The van der Waals surface area contributed by atoms with Crippen LogP contribution in [0.1, 0.15) is 17.4 Å². The molecular formula is C13H18N4S. The van der Waals surface area contributed by atoms with E-state index in [1.807, 2.05) is 18.8 Å². The molecule has 1 heterocycles. The number of nitrogens with zero attached hydrogens (tertiary/aromatic N) is 3. The number of hydrogen-bond acceptors (Lipinski definition) is 4. The smallest absolute Gasteiger partial charge is 0.138 e. The maximum absolute atomic E-state index is 4.29. The highest BCUT2D eigenvalue weighted by molar-refractivity contribution is 7.98. The molecule has 1 aromatic heterocycles. The third-order valence-corrected chi connectivity index (χ3v) is 3.87. The van der Waals surface area contributed by atoms with Crippen LogP contribution in [0.2, 0.25) is 0 Å². The van der Waals surface area contributed by atoms with Crippen LogP contribution in [0, 0.1) is 0 Å². The third-order valence-electron chi connectivity index (χ3n) is 3.05. The van der Waals surface area contributed by atoms with Crippen molar-refractivity contribution in [2.45, 2.75) is 17.4 Å². The van der Waals surface area contributed by atoms with Crippen LogP contribution in [0.3, 0.4) is 0 Å². The zero-order chi connectivity index (χ0) is 13.0. The van der Waals surface area contributed by atoms with Crippen molar-refractivity contribution in [3.05, 3.63) is 42.0 Å². The Morgan fingerprint density at radius 3 is 2.78 bits per heavy atom. The van der Waals surface area contributed by atoms with Gasteiger partial charge in [0, 0.05) is 24.4 Å². The van der Waals surface area contributed by atoms with Gasteiger partial charge in [0.1, 0.15) is 12.2 Å². The van der Waals surface area contributed by atoms with E-state index in [-0.39, 0.29) is 6.04 Å². The van der Waals surface area contributed by atoms with Crippen LogP contribution < -0.4 is 5.32 Å². The summed E-state index contributed by atoms with van der Waals surface area (Å²) in [5, 5.41) is 7.48. The van der Waals surface area contributed by atoms with E-state index >= 15 is 0 Å². The summed E-state index contributed by atoms with van der Waals surface area (Å²) in [4.78, 5) is 5.59. The molecule has 0 fully saturated rings. The molecule has 0 aliphatic carbocycles. The molecule has 1 unspecified atom stereocenters. The molecule has 0 bridgehead atoms. The number of aromatic nitrogens is 3. The lowest BCUT2D eigenvalue weighted by Gasteiger charge is -2.18. The average molecular weight is 262 g/mol. The van der Waals surface area contributed by atoms with Crippen molar-refractivity contribution in [2.24, 2.45) is 7.05 Å².